The van der Waals surface area contributed by atoms with Gasteiger partial charge in [0.05, 0.1) is 15.4 Å². The predicted octanol–water partition coefficient (Wildman–Crippen LogP) is 7.01. The van der Waals surface area contributed by atoms with Gasteiger partial charge >= 0.3 is 11.9 Å². The second-order valence-corrected chi connectivity index (χ2v) is 13.9. The summed E-state index contributed by atoms with van der Waals surface area (Å²) >= 11 is 12.1. The highest BCUT2D eigenvalue weighted by Gasteiger charge is 2.52. The average Bonchev–Trinajstić information content (AvgIpc) is 2.99. The van der Waals surface area contributed by atoms with Gasteiger partial charge in [-0.15, -0.1) is 5.10 Å². The first kappa shape index (κ1) is 35.6. The zero-order chi connectivity index (χ0) is 34.6. The Bertz CT molecular complexity index is 1810. The van der Waals surface area contributed by atoms with E-state index in [0.29, 0.717) is 26.7 Å². The Balaban J connectivity index is 1.65. The SMILES string of the molecule is CC(C)(C)OC(=O)C(CCn1nnc2ccccc2c1=O)(CC(=O)c1ccc(OCc2ccc(Cl)c(Cl)c2)cc1)C(=O)OC(C)(C)C. The molecule has 0 spiro atoms. The lowest BCUT2D eigenvalue weighted by atomic mass is 9.78. The second kappa shape index (κ2) is 14.2. The summed E-state index contributed by atoms with van der Waals surface area (Å²) in [6.45, 7) is 9.92. The van der Waals surface area contributed by atoms with Gasteiger partial charge < -0.3 is 14.2 Å². The maximum absolute atomic E-state index is 14.0. The van der Waals surface area contributed by atoms with Gasteiger partial charge in [-0.25, -0.2) is 4.68 Å². The Morgan fingerprint density at radius 3 is 2.02 bits per heavy atom. The number of halogens is 2. The minimum atomic E-state index is -2.12. The maximum atomic E-state index is 14.0. The average molecular weight is 683 g/mol. The molecule has 4 rings (SSSR count). The van der Waals surface area contributed by atoms with E-state index >= 15 is 0 Å². The van der Waals surface area contributed by atoms with Crippen molar-refractivity contribution in [3.05, 3.63) is 98.3 Å². The lowest BCUT2D eigenvalue weighted by Gasteiger charge is -2.34. The van der Waals surface area contributed by atoms with E-state index in [4.69, 9.17) is 37.4 Å². The number of fused-ring (bicyclic) bond motifs is 1. The van der Waals surface area contributed by atoms with Crippen molar-refractivity contribution in [3.8, 4) is 5.75 Å². The molecule has 0 fully saturated rings. The van der Waals surface area contributed by atoms with E-state index in [1.54, 1.807) is 108 Å². The first-order valence-corrected chi connectivity index (χ1v) is 15.7. The van der Waals surface area contributed by atoms with Crippen LogP contribution in [0.4, 0.5) is 0 Å². The van der Waals surface area contributed by atoms with Crippen LogP contribution >= 0.6 is 23.2 Å². The van der Waals surface area contributed by atoms with Crippen molar-refractivity contribution < 1.29 is 28.6 Å². The highest BCUT2D eigenvalue weighted by Crippen LogP contribution is 2.36. The Kier molecular flexibility index (Phi) is 10.8. The summed E-state index contributed by atoms with van der Waals surface area (Å²) in [5.41, 5.74) is -3.14. The largest absolute Gasteiger partial charge is 0.489 e. The van der Waals surface area contributed by atoms with Gasteiger partial charge in [0, 0.05) is 18.5 Å². The topological polar surface area (TPSA) is 127 Å². The van der Waals surface area contributed by atoms with Gasteiger partial charge in [0.15, 0.2) is 11.2 Å². The summed E-state index contributed by atoms with van der Waals surface area (Å²) in [4.78, 5) is 55.0. The molecule has 3 aromatic carbocycles. The molecular formula is C35H37Cl2N3O7. The van der Waals surface area contributed by atoms with Crippen LogP contribution in [0.5, 0.6) is 5.75 Å². The minimum absolute atomic E-state index is 0.210. The Morgan fingerprint density at radius 2 is 1.43 bits per heavy atom. The molecule has 0 saturated heterocycles. The molecule has 0 aliphatic carbocycles. The zero-order valence-corrected chi connectivity index (χ0v) is 28.6. The van der Waals surface area contributed by atoms with Crippen molar-refractivity contribution in [3.63, 3.8) is 0 Å². The number of hydrogen-bond acceptors (Lipinski definition) is 9. The van der Waals surface area contributed by atoms with E-state index < -0.39 is 46.3 Å². The quantitative estimate of drug-likeness (QED) is 0.0933. The van der Waals surface area contributed by atoms with E-state index in [1.807, 2.05) is 0 Å². The first-order valence-electron chi connectivity index (χ1n) is 15.0. The third kappa shape index (κ3) is 9.17. The summed E-state index contributed by atoms with van der Waals surface area (Å²) in [6, 6.07) is 18.2. The van der Waals surface area contributed by atoms with Crippen LogP contribution in [-0.4, -0.2) is 43.9 Å². The van der Waals surface area contributed by atoms with Crippen molar-refractivity contribution in [1.82, 2.24) is 15.0 Å². The van der Waals surface area contributed by atoms with Crippen molar-refractivity contribution >= 4 is 51.8 Å². The molecule has 0 atom stereocenters. The van der Waals surface area contributed by atoms with Crippen LogP contribution in [0.3, 0.4) is 0 Å². The van der Waals surface area contributed by atoms with E-state index in [2.05, 4.69) is 10.3 Å². The number of nitrogens with zero attached hydrogens (tertiary/aromatic N) is 3. The normalized spacial score (nSPS) is 12.1. The summed E-state index contributed by atoms with van der Waals surface area (Å²) < 4.78 is 18.3. The van der Waals surface area contributed by atoms with Gasteiger partial charge in [-0.2, -0.15) is 0 Å². The molecule has 47 heavy (non-hydrogen) atoms. The number of rotatable bonds is 11. The van der Waals surface area contributed by atoms with Crippen LogP contribution in [0.1, 0.15) is 70.3 Å². The Morgan fingerprint density at radius 1 is 0.809 bits per heavy atom. The van der Waals surface area contributed by atoms with Crippen LogP contribution in [0.15, 0.2) is 71.5 Å². The van der Waals surface area contributed by atoms with E-state index in [-0.39, 0.29) is 25.1 Å². The summed E-state index contributed by atoms with van der Waals surface area (Å²) in [7, 11) is 0. The van der Waals surface area contributed by atoms with Crippen molar-refractivity contribution in [2.75, 3.05) is 0 Å². The fourth-order valence-corrected chi connectivity index (χ4v) is 4.97. The van der Waals surface area contributed by atoms with Gasteiger partial charge in [0.2, 0.25) is 0 Å². The number of ether oxygens (including phenoxy) is 3. The lowest BCUT2D eigenvalue weighted by Crippen LogP contribution is -2.49. The van der Waals surface area contributed by atoms with Crippen LogP contribution in [-0.2, 0) is 32.2 Å². The van der Waals surface area contributed by atoms with Crippen LogP contribution < -0.4 is 10.3 Å². The Labute approximate surface area is 282 Å². The molecule has 10 nitrogen and oxygen atoms in total. The van der Waals surface area contributed by atoms with Gasteiger partial charge in [-0.1, -0.05) is 46.6 Å². The number of Topliss-reactive ketones (excluding diaryl/α,β-unsaturated/α-hetero) is 1. The molecule has 0 N–H and O–H groups in total. The number of carbonyl (C=O) groups is 3. The molecule has 0 aliphatic heterocycles. The highest BCUT2D eigenvalue weighted by atomic mass is 35.5. The number of carbonyl (C=O) groups excluding carboxylic acids is 3. The smallest absolute Gasteiger partial charge is 0.324 e. The van der Waals surface area contributed by atoms with Gasteiger partial charge in [-0.3, -0.25) is 19.2 Å². The summed E-state index contributed by atoms with van der Waals surface area (Å²) in [5.74, 6) is -1.94. The zero-order valence-electron chi connectivity index (χ0n) is 27.1. The minimum Gasteiger partial charge on any atom is -0.489 e. The number of ketones is 1. The number of hydrogen-bond donors (Lipinski definition) is 0. The first-order chi connectivity index (χ1) is 22.0. The molecule has 0 aliphatic rings. The molecule has 0 bridgehead atoms. The van der Waals surface area contributed by atoms with Gasteiger partial charge in [0.1, 0.15) is 29.1 Å². The molecule has 0 unspecified atom stereocenters. The third-order valence-electron chi connectivity index (χ3n) is 6.99. The molecule has 1 heterocycles. The predicted molar refractivity (Wildman–Crippen MR) is 179 cm³/mol. The molecule has 12 heteroatoms. The summed E-state index contributed by atoms with van der Waals surface area (Å²) in [5, 5.41) is 9.27. The van der Waals surface area contributed by atoms with Gasteiger partial charge in [0.25, 0.3) is 5.56 Å². The number of esters is 2. The van der Waals surface area contributed by atoms with Gasteiger partial charge in [-0.05, 0) is 102 Å². The molecule has 1 aromatic heterocycles. The molecular weight excluding hydrogens is 645 g/mol. The van der Waals surface area contributed by atoms with Crippen molar-refractivity contribution in [2.45, 2.75) is 78.7 Å². The molecule has 4 aromatic rings. The third-order valence-corrected chi connectivity index (χ3v) is 7.73. The number of benzene rings is 3. The van der Waals surface area contributed by atoms with Crippen molar-refractivity contribution in [2.24, 2.45) is 5.41 Å². The maximum Gasteiger partial charge on any atom is 0.324 e. The molecule has 248 valence electrons. The van der Waals surface area contributed by atoms with E-state index in [1.165, 1.54) is 0 Å². The fraction of sp³-hybridized carbons (Fsp3) is 0.371. The standard InChI is InChI=1S/C35H37Cl2N3O7/c1-33(2,3)46-31(43)35(32(44)47-34(4,5)6,17-18-40-30(42)25-9-7-8-10-28(25)38-39-40)20-29(41)23-12-14-24(15-13-23)45-21-22-11-16-26(36)27(37)19-22/h7-16,19H,17-18,20-21H2,1-6H3. The van der Waals surface area contributed by atoms with E-state index in [9.17, 15) is 19.2 Å². The van der Waals surface area contributed by atoms with Crippen molar-refractivity contribution in [1.29, 1.82) is 0 Å². The molecule has 0 radical (unpaired) electrons. The summed E-state index contributed by atoms with van der Waals surface area (Å²) in [6.07, 6.45) is -0.906. The number of aromatic nitrogens is 3. The molecule has 0 amide bonds. The highest BCUT2D eigenvalue weighted by molar-refractivity contribution is 6.42. The Hall–Kier alpha value is -4.28. The van der Waals surface area contributed by atoms with E-state index in [0.717, 1.165) is 10.2 Å². The number of aryl methyl sites for hydroxylation is 1. The van der Waals surface area contributed by atoms with Crippen LogP contribution in [0.25, 0.3) is 10.9 Å². The van der Waals surface area contributed by atoms with Crippen LogP contribution in [0.2, 0.25) is 10.0 Å². The monoisotopic (exact) mass is 681 g/mol. The van der Waals surface area contributed by atoms with Crippen LogP contribution in [0, 0.1) is 5.41 Å². The lowest BCUT2D eigenvalue weighted by molar-refractivity contribution is -0.186. The fourth-order valence-electron chi connectivity index (χ4n) is 4.65. The molecule has 0 saturated carbocycles. The second-order valence-electron chi connectivity index (χ2n) is 13.1.